The summed E-state index contributed by atoms with van der Waals surface area (Å²) in [7, 11) is 0. The summed E-state index contributed by atoms with van der Waals surface area (Å²) in [5.41, 5.74) is 9.68. The van der Waals surface area contributed by atoms with Gasteiger partial charge in [-0.25, -0.2) is 0 Å². The first-order valence-corrected chi connectivity index (χ1v) is 7.57. The van der Waals surface area contributed by atoms with Gasteiger partial charge in [0.2, 0.25) is 0 Å². The first-order valence-electron chi connectivity index (χ1n) is 7.57. The summed E-state index contributed by atoms with van der Waals surface area (Å²) in [6.45, 7) is 5.05. The molecule has 2 heterocycles. The predicted molar refractivity (Wildman–Crippen MR) is 83.6 cm³/mol. The average Bonchev–Trinajstić information content (AvgIpc) is 2.51. The number of piperidine rings is 1. The number of benzene rings is 1. The highest BCUT2D eigenvalue weighted by molar-refractivity contribution is 5.84. The lowest BCUT2D eigenvalue weighted by Crippen LogP contribution is -2.43. The van der Waals surface area contributed by atoms with Crippen LogP contribution in [0, 0.1) is 6.92 Å². The molecule has 1 atom stereocenters. The van der Waals surface area contributed by atoms with Crippen LogP contribution in [0.25, 0.3) is 10.9 Å². The highest BCUT2D eigenvalue weighted by atomic mass is 15.2. The van der Waals surface area contributed by atoms with Crippen LogP contribution in [0.1, 0.15) is 30.4 Å². The van der Waals surface area contributed by atoms with Gasteiger partial charge in [0.25, 0.3) is 0 Å². The topological polar surface area (TPSA) is 42.1 Å². The van der Waals surface area contributed by atoms with Crippen LogP contribution in [-0.4, -0.2) is 29.0 Å². The third-order valence-corrected chi connectivity index (χ3v) is 4.46. The zero-order valence-electron chi connectivity index (χ0n) is 12.2. The van der Waals surface area contributed by atoms with E-state index in [1.54, 1.807) is 0 Å². The van der Waals surface area contributed by atoms with Crippen LogP contribution in [0.15, 0.2) is 30.5 Å². The van der Waals surface area contributed by atoms with Crippen molar-refractivity contribution in [3.8, 4) is 0 Å². The van der Waals surface area contributed by atoms with Gasteiger partial charge in [-0.15, -0.1) is 0 Å². The molecule has 2 N–H and O–H groups in total. The molecule has 1 saturated heterocycles. The number of hydrogen-bond acceptors (Lipinski definition) is 3. The number of likely N-dealkylation sites (tertiary alicyclic amines) is 1. The smallest absolute Gasteiger partial charge is 0.0734 e. The Morgan fingerprint density at radius 1 is 1.30 bits per heavy atom. The largest absolute Gasteiger partial charge is 0.329 e. The van der Waals surface area contributed by atoms with Gasteiger partial charge in [-0.1, -0.05) is 24.6 Å². The van der Waals surface area contributed by atoms with Crippen LogP contribution in [0.3, 0.4) is 0 Å². The normalized spacial score (nSPS) is 20.4. The number of hydrogen-bond donors (Lipinski definition) is 1. The zero-order chi connectivity index (χ0) is 13.9. The monoisotopic (exact) mass is 269 g/mol. The molecule has 20 heavy (non-hydrogen) atoms. The van der Waals surface area contributed by atoms with Crippen molar-refractivity contribution >= 4 is 10.9 Å². The molecule has 0 saturated carbocycles. The van der Waals surface area contributed by atoms with Crippen molar-refractivity contribution in [1.29, 1.82) is 0 Å². The minimum Gasteiger partial charge on any atom is -0.329 e. The molecular formula is C17H23N3. The number of nitrogens with two attached hydrogens (primary N) is 1. The third-order valence-electron chi connectivity index (χ3n) is 4.46. The lowest BCUT2D eigenvalue weighted by molar-refractivity contribution is 0.145. The molecule has 106 valence electrons. The lowest BCUT2D eigenvalue weighted by atomic mass is 9.99. The van der Waals surface area contributed by atoms with E-state index in [-0.39, 0.29) is 0 Å². The second-order valence-corrected chi connectivity index (χ2v) is 5.80. The van der Waals surface area contributed by atoms with E-state index in [4.69, 9.17) is 5.73 Å². The molecule has 0 amide bonds. The summed E-state index contributed by atoms with van der Waals surface area (Å²) < 4.78 is 0. The first-order chi connectivity index (χ1) is 9.79. The van der Waals surface area contributed by atoms with Crippen molar-refractivity contribution < 1.29 is 0 Å². The average molecular weight is 269 g/mol. The Labute approximate surface area is 120 Å². The highest BCUT2D eigenvalue weighted by Crippen LogP contribution is 2.24. The van der Waals surface area contributed by atoms with Gasteiger partial charge in [-0.05, 0) is 43.5 Å². The van der Waals surface area contributed by atoms with Crippen LogP contribution < -0.4 is 5.73 Å². The van der Waals surface area contributed by atoms with Crippen LogP contribution in [0.5, 0.6) is 0 Å². The molecule has 1 aromatic carbocycles. The first kappa shape index (κ1) is 13.5. The second kappa shape index (κ2) is 5.90. The van der Waals surface area contributed by atoms with E-state index in [9.17, 15) is 0 Å². The standard InChI is InChI=1S/C17H23N3/c1-13-7-8-14(16-6-4-9-19-17(13)16)12-20-10-3-2-5-15(20)11-18/h4,6-9,15H,2-3,5,10-12,18H2,1H3/t15-/m1/s1. The SMILES string of the molecule is Cc1ccc(CN2CCCC[C@@H]2CN)c2cccnc12. The molecule has 0 unspecified atom stereocenters. The number of nitrogens with zero attached hydrogens (tertiary/aromatic N) is 2. The Hall–Kier alpha value is -1.45. The van der Waals surface area contributed by atoms with Gasteiger partial charge < -0.3 is 5.73 Å². The van der Waals surface area contributed by atoms with Crippen molar-refractivity contribution in [2.75, 3.05) is 13.1 Å². The molecule has 0 spiro atoms. The van der Waals surface area contributed by atoms with Crippen LogP contribution >= 0.6 is 0 Å². The van der Waals surface area contributed by atoms with E-state index in [2.05, 4.69) is 35.0 Å². The molecule has 2 aromatic rings. The third kappa shape index (κ3) is 2.56. The Morgan fingerprint density at radius 2 is 2.20 bits per heavy atom. The molecule has 1 fully saturated rings. The summed E-state index contributed by atoms with van der Waals surface area (Å²) in [6.07, 6.45) is 5.72. The number of pyridine rings is 1. The number of aromatic nitrogens is 1. The van der Waals surface area contributed by atoms with Crippen molar-refractivity contribution in [2.24, 2.45) is 5.73 Å². The van der Waals surface area contributed by atoms with Gasteiger partial charge in [0, 0.05) is 30.7 Å². The maximum atomic E-state index is 5.93. The van der Waals surface area contributed by atoms with Crippen molar-refractivity contribution in [2.45, 2.75) is 38.8 Å². The molecule has 0 radical (unpaired) electrons. The van der Waals surface area contributed by atoms with E-state index in [1.807, 2.05) is 12.3 Å². The fraction of sp³-hybridized carbons (Fsp3) is 0.471. The summed E-state index contributed by atoms with van der Waals surface area (Å²) in [6, 6.07) is 9.19. The quantitative estimate of drug-likeness (QED) is 0.931. The Morgan fingerprint density at radius 3 is 3.05 bits per heavy atom. The van der Waals surface area contributed by atoms with Gasteiger partial charge in [-0.2, -0.15) is 0 Å². The van der Waals surface area contributed by atoms with E-state index in [0.717, 1.165) is 25.2 Å². The molecule has 3 heteroatoms. The Bertz CT molecular complexity index is 594. The summed E-state index contributed by atoms with van der Waals surface area (Å²) in [5.74, 6) is 0. The molecule has 3 rings (SSSR count). The minimum atomic E-state index is 0.539. The molecule has 3 nitrogen and oxygen atoms in total. The summed E-state index contributed by atoms with van der Waals surface area (Å²) in [5, 5.41) is 1.29. The van der Waals surface area contributed by atoms with Gasteiger partial charge in [0.15, 0.2) is 0 Å². The van der Waals surface area contributed by atoms with Gasteiger partial charge >= 0.3 is 0 Å². The van der Waals surface area contributed by atoms with Gasteiger partial charge in [0.1, 0.15) is 0 Å². The molecule has 1 aliphatic rings. The minimum absolute atomic E-state index is 0.539. The number of fused-ring (bicyclic) bond motifs is 1. The molecular weight excluding hydrogens is 246 g/mol. The van der Waals surface area contributed by atoms with Crippen molar-refractivity contribution in [3.05, 3.63) is 41.6 Å². The molecule has 0 aliphatic carbocycles. The lowest BCUT2D eigenvalue weighted by Gasteiger charge is -2.35. The highest BCUT2D eigenvalue weighted by Gasteiger charge is 2.21. The van der Waals surface area contributed by atoms with E-state index < -0.39 is 0 Å². The fourth-order valence-corrected chi connectivity index (χ4v) is 3.26. The molecule has 1 aromatic heterocycles. The van der Waals surface area contributed by atoms with Crippen LogP contribution in [-0.2, 0) is 6.54 Å². The van der Waals surface area contributed by atoms with E-state index in [0.29, 0.717) is 6.04 Å². The van der Waals surface area contributed by atoms with E-state index in [1.165, 1.54) is 35.8 Å². The van der Waals surface area contributed by atoms with Gasteiger partial charge in [-0.3, -0.25) is 9.88 Å². The summed E-state index contributed by atoms with van der Waals surface area (Å²) >= 11 is 0. The van der Waals surface area contributed by atoms with Crippen molar-refractivity contribution in [1.82, 2.24) is 9.88 Å². The number of aryl methyl sites for hydroxylation is 1. The maximum Gasteiger partial charge on any atom is 0.0734 e. The molecule has 1 aliphatic heterocycles. The Kier molecular flexibility index (Phi) is 3.99. The molecule has 0 bridgehead atoms. The Balaban J connectivity index is 1.92. The van der Waals surface area contributed by atoms with Crippen molar-refractivity contribution in [3.63, 3.8) is 0 Å². The van der Waals surface area contributed by atoms with E-state index >= 15 is 0 Å². The zero-order valence-corrected chi connectivity index (χ0v) is 12.2. The van der Waals surface area contributed by atoms with Gasteiger partial charge in [0.05, 0.1) is 5.52 Å². The summed E-state index contributed by atoms with van der Waals surface area (Å²) in [4.78, 5) is 7.07. The number of rotatable bonds is 3. The second-order valence-electron chi connectivity index (χ2n) is 5.80. The van der Waals surface area contributed by atoms with Crippen LogP contribution in [0.2, 0.25) is 0 Å². The predicted octanol–water partition coefficient (Wildman–Crippen LogP) is 2.86. The fourth-order valence-electron chi connectivity index (χ4n) is 3.26. The van der Waals surface area contributed by atoms with Crippen LogP contribution in [0.4, 0.5) is 0 Å². The maximum absolute atomic E-state index is 5.93.